The molecule has 1 amide bonds. The Balaban J connectivity index is 1.78. The van der Waals surface area contributed by atoms with Gasteiger partial charge in [-0.2, -0.15) is 0 Å². The van der Waals surface area contributed by atoms with Crippen molar-refractivity contribution in [3.8, 4) is 0 Å². The van der Waals surface area contributed by atoms with E-state index in [4.69, 9.17) is 4.42 Å². The van der Waals surface area contributed by atoms with Crippen molar-refractivity contribution >= 4 is 34.1 Å². The Labute approximate surface area is 151 Å². The molecule has 1 aliphatic heterocycles. The molecule has 0 saturated carbocycles. The quantitative estimate of drug-likeness (QED) is 0.702. The van der Waals surface area contributed by atoms with Crippen LogP contribution in [0.3, 0.4) is 0 Å². The molecular weight excluding hydrogens is 332 g/mol. The van der Waals surface area contributed by atoms with Crippen LogP contribution in [0.1, 0.15) is 16.7 Å². The Hall–Kier alpha value is -2.40. The fourth-order valence-corrected chi connectivity index (χ4v) is 4.59. The Bertz CT molecular complexity index is 905. The average Bonchev–Trinajstić information content (AvgIpc) is 3.25. The fraction of sp³-hybridized carbons (Fsp3) is 0.250. The van der Waals surface area contributed by atoms with E-state index >= 15 is 0 Å². The van der Waals surface area contributed by atoms with Crippen LogP contribution in [0.15, 0.2) is 59.2 Å². The predicted molar refractivity (Wildman–Crippen MR) is 103 cm³/mol. The zero-order chi connectivity index (χ0) is 17.4. The zero-order valence-corrected chi connectivity index (χ0v) is 15.1. The van der Waals surface area contributed by atoms with Gasteiger partial charge in [0.2, 0.25) is 5.91 Å². The first-order valence-electron chi connectivity index (χ1n) is 8.27. The van der Waals surface area contributed by atoms with Gasteiger partial charge in [0.15, 0.2) is 0 Å². The molecule has 5 heteroatoms. The number of anilines is 1. The van der Waals surface area contributed by atoms with Crippen molar-refractivity contribution in [1.29, 1.82) is 0 Å². The summed E-state index contributed by atoms with van der Waals surface area (Å²) < 4.78 is 5.46. The van der Waals surface area contributed by atoms with Crippen LogP contribution in [0.2, 0.25) is 0 Å². The summed E-state index contributed by atoms with van der Waals surface area (Å²) in [6.07, 6.45) is 1.65. The van der Waals surface area contributed by atoms with Crippen LogP contribution >= 0.6 is 11.8 Å². The van der Waals surface area contributed by atoms with Crippen molar-refractivity contribution in [2.45, 2.75) is 11.9 Å². The molecule has 2 heterocycles. The third-order valence-electron chi connectivity index (χ3n) is 4.56. The number of furan rings is 1. The number of thioether (sulfide) groups is 1. The lowest BCUT2D eigenvalue weighted by Gasteiger charge is -2.26. The SMILES string of the molecule is CN(C)c1ccc(C2SCC(=O)N2Cc2ccco2)c2ccccc12. The maximum absolute atomic E-state index is 12.5. The minimum absolute atomic E-state index is 0.0127. The first-order chi connectivity index (χ1) is 12.1. The molecule has 25 heavy (non-hydrogen) atoms. The lowest BCUT2D eigenvalue weighted by molar-refractivity contribution is -0.128. The van der Waals surface area contributed by atoms with E-state index < -0.39 is 0 Å². The summed E-state index contributed by atoms with van der Waals surface area (Å²) in [5, 5.41) is 2.42. The van der Waals surface area contributed by atoms with E-state index in [0.717, 1.165) is 5.76 Å². The largest absolute Gasteiger partial charge is 0.467 e. The second-order valence-corrected chi connectivity index (χ2v) is 7.45. The smallest absolute Gasteiger partial charge is 0.234 e. The van der Waals surface area contributed by atoms with Gasteiger partial charge in [-0.1, -0.05) is 30.3 Å². The zero-order valence-electron chi connectivity index (χ0n) is 14.3. The normalized spacial score (nSPS) is 17.4. The van der Waals surface area contributed by atoms with E-state index in [1.807, 2.05) is 17.0 Å². The van der Waals surface area contributed by atoms with E-state index in [0.29, 0.717) is 12.3 Å². The van der Waals surface area contributed by atoms with Crippen LogP contribution in [0, 0.1) is 0 Å². The number of benzene rings is 2. The number of carbonyl (C=O) groups is 1. The molecule has 1 fully saturated rings. The van der Waals surface area contributed by atoms with Crippen LogP contribution in [0.25, 0.3) is 10.8 Å². The summed E-state index contributed by atoms with van der Waals surface area (Å²) in [5.41, 5.74) is 2.37. The number of rotatable bonds is 4. The van der Waals surface area contributed by atoms with Gasteiger partial charge in [-0.25, -0.2) is 0 Å². The fourth-order valence-electron chi connectivity index (χ4n) is 3.36. The maximum atomic E-state index is 12.5. The van der Waals surface area contributed by atoms with Gasteiger partial charge < -0.3 is 14.2 Å². The molecule has 0 aliphatic carbocycles. The van der Waals surface area contributed by atoms with Gasteiger partial charge in [0.05, 0.1) is 18.6 Å². The Kier molecular flexibility index (Phi) is 4.17. The summed E-state index contributed by atoms with van der Waals surface area (Å²) in [7, 11) is 4.11. The molecule has 1 unspecified atom stereocenters. The number of fused-ring (bicyclic) bond motifs is 1. The van der Waals surface area contributed by atoms with Crippen LogP contribution in [-0.2, 0) is 11.3 Å². The summed E-state index contributed by atoms with van der Waals surface area (Å²) in [6.45, 7) is 0.507. The van der Waals surface area contributed by atoms with Gasteiger partial charge in [0.1, 0.15) is 11.1 Å². The molecule has 0 bridgehead atoms. The third kappa shape index (κ3) is 2.89. The molecular formula is C20H20N2O2S. The van der Waals surface area contributed by atoms with Crippen molar-refractivity contribution in [3.63, 3.8) is 0 Å². The highest BCUT2D eigenvalue weighted by molar-refractivity contribution is 8.00. The van der Waals surface area contributed by atoms with E-state index in [9.17, 15) is 4.79 Å². The highest BCUT2D eigenvalue weighted by atomic mass is 32.2. The van der Waals surface area contributed by atoms with E-state index in [1.165, 1.54) is 22.0 Å². The minimum atomic E-state index is 0.0127. The summed E-state index contributed by atoms with van der Waals surface area (Å²) in [5.74, 6) is 1.48. The summed E-state index contributed by atoms with van der Waals surface area (Å²) in [4.78, 5) is 16.5. The lowest BCUT2D eigenvalue weighted by Crippen LogP contribution is -2.27. The van der Waals surface area contributed by atoms with Crippen molar-refractivity contribution in [2.75, 3.05) is 24.7 Å². The monoisotopic (exact) mass is 352 g/mol. The van der Waals surface area contributed by atoms with E-state index in [-0.39, 0.29) is 11.3 Å². The number of nitrogens with zero attached hydrogens (tertiary/aromatic N) is 2. The molecule has 0 spiro atoms. The van der Waals surface area contributed by atoms with Gasteiger partial charge in [0.25, 0.3) is 0 Å². The molecule has 4 nitrogen and oxygen atoms in total. The predicted octanol–water partition coefficient (Wildman–Crippen LogP) is 4.27. The van der Waals surface area contributed by atoms with E-state index in [2.05, 4.69) is 55.4 Å². The Morgan fingerprint density at radius 3 is 2.64 bits per heavy atom. The molecule has 4 rings (SSSR count). The van der Waals surface area contributed by atoms with Crippen molar-refractivity contribution < 1.29 is 9.21 Å². The van der Waals surface area contributed by atoms with Crippen LogP contribution in [-0.4, -0.2) is 30.7 Å². The molecule has 1 atom stereocenters. The van der Waals surface area contributed by atoms with E-state index in [1.54, 1.807) is 18.0 Å². The Morgan fingerprint density at radius 2 is 1.92 bits per heavy atom. The van der Waals surface area contributed by atoms with Crippen LogP contribution in [0.4, 0.5) is 5.69 Å². The Morgan fingerprint density at radius 1 is 1.12 bits per heavy atom. The van der Waals surface area contributed by atoms with Gasteiger partial charge in [-0.05, 0) is 29.1 Å². The standard InChI is InChI=1S/C20H20N2O2S/c1-21(2)18-10-9-17(15-7-3-4-8-16(15)18)20-22(19(23)13-25-20)12-14-6-5-11-24-14/h3-11,20H,12-13H2,1-2H3. The molecule has 1 saturated heterocycles. The second-order valence-electron chi connectivity index (χ2n) is 6.38. The van der Waals surface area contributed by atoms with Crippen LogP contribution < -0.4 is 4.90 Å². The number of hydrogen-bond donors (Lipinski definition) is 0. The average molecular weight is 352 g/mol. The highest BCUT2D eigenvalue weighted by Gasteiger charge is 2.34. The van der Waals surface area contributed by atoms with Gasteiger partial charge in [-0.15, -0.1) is 11.8 Å². The first-order valence-corrected chi connectivity index (χ1v) is 9.32. The molecule has 2 aromatic carbocycles. The van der Waals surface area contributed by atoms with Crippen molar-refractivity contribution in [3.05, 3.63) is 66.1 Å². The molecule has 1 aliphatic rings. The highest BCUT2D eigenvalue weighted by Crippen LogP contribution is 2.43. The lowest BCUT2D eigenvalue weighted by atomic mass is 10.0. The molecule has 0 N–H and O–H groups in total. The van der Waals surface area contributed by atoms with Crippen LogP contribution in [0.5, 0.6) is 0 Å². The third-order valence-corrected chi connectivity index (χ3v) is 5.79. The molecule has 0 radical (unpaired) electrons. The summed E-state index contributed by atoms with van der Waals surface area (Å²) in [6, 6.07) is 16.5. The molecule has 1 aromatic heterocycles. The van der Waals surface area contributed by atoms with Gasteiger partial charge in [-0.3, -0.25) is 4.79 Å². The molecule has 3 aromatic rings. The van der Waals surface area contributed by atoms with Crippen molar-refractivity contribution in [1.82, 2.24) is 4.90 Å². The molecule has 128 valence electrons. The van der Waals surface area contributed by atoms with Gasteiger partial charge >= 0.3 is 0 Å². The topological polar surface area (TPSA) is 36.7 Å². The maximum Gasteiger partial charge on any atom is 0.234 e. The minimum Gasteiger partial charge on any atom is -0.467 e. The van der Waals surface area contributed by atoms with Gasteiger partial charge in [0, 0.05) is 25.2 Å². The summed E-state index contributed by atoms with van der Waals surface area (Å²) >= 11 is 1.68. The number of carbonyl (C=O) groups excluding carboxylic acids is 1. The number of amides is 1. The number of hydrogen-bond acceptors (Lipinski definition) is 4. The van der Waals surface area contributed by atoms with Crippen molar-refractivity contribution in [2.24, 2.45) is 0 Å². The first kappa shape index (κ1) is 16.1. The second kappa shape index (κ2) is 6.48.